The highest BCUT2D eigenvalue weighted by molar-refractivity contribution is 6.08. The third kappa shape index (κ3) is 13.8. The van der Waals surface area contributed by atoms with Crippen molar-refractivity contribution in [1.82, 2.24) is 5.32 Å². The lowest BCUT2D eigenvalue weighted by Crippen LogP contribution is -2.82. The van der Waals surface area contributed by atoms with Crippen LogP contribution < -0.4 is 15.5 Å². The minimum Gasteiger partial charge on any atom is -0.493 e. The predicted octanol–water partition coefficient (Wildman–Crippen LogP) is 9.92. The molecule has 7 aliphatic rings. The van der Waals surface area contributed by atoms with Crippen molar-refractivity contribution in [3.05, 3.63) is 135 Å². The van der Waals surface area contributed by atoms with E-state index in [1.807, 2.05) is 13.8 Å². The number of amides is 1. The SMILES string of the molecule is CC(=O)O[C@@]12CO[C@@H]1C[C@H](OC(=O)CCCOc1ccc3c(-c4ccccc4C(=O)OCC(C)C)c4ccc(=O)cc-4oc3c1)[C@@]1(C)C(=O)[C@H](OC(=O)C3CC3)C3=C(C)[C@@H](OC(=O)[C@H](O)[C@H](C=C(C)C)NC(=O)OC(C)(C)C)C[C@@](O)([C@@H](OC(=O)c4ccccc4)[C@H]21)C3(C)C. The molecule has 4 fully saturated rings. The molecule has 11 atom stereocenters. The second kappa shape index (κ2) is 26.8. The molecule has 95 heavy (non-hydrogen) atoms. The number of Topliss-reactive ketones (excluding diaryl/α,β-unsaturated/α-hetero) is 1. The first-order valence-corrected chi connectivity index (χ1v) is 32.2. The summed E-state index contributed by atoms with van der Waals surface area (Å²) in [7, 11) is 0. The summed E-state index contributed by atoms with van der Waals surface area (Å²) in [6, 6.07) is 22.9. The summed E-state index contributed by atoms with van der Waals surface area (Å²) in [5, 5.41) is 29.2. The van der Waals surface area contributed by atoms with Crippen LogP contribution in [0.15, 0.2) is 123 Å². The molecule has 1 amide bonds. The smallest absolute Gasteiger partial charge is 0.408 e. The highest BCUT2D eigenvalue weighted by atomic mass is 16.6. The number of ketones is 1. The number of hydrogen-bond acceptors (Lipinski definition) is 21. The lowest BCUT2D eigenvalue weighted by molar-refractivity contribution is -0.346. The molecular weight excluding hydrogens is 1230 g/mol. The number of carbonyl (C=O) groups excluding carboxylic acids is 8. The molecule has 0 aromatic heterocycles. The molecule has 5 aliphatic carbocycles. The van der Waals surface area contributed by atoms with Gasteiger partial charge in [0.25, 0.3) is 0 Å². The number of esters is 6. The topological polar surface area (TPSA) is 302 Å². The van der Waals surface area contributed by atoms with Gasteiger partial charge in [-0.25, -0.2) is 19.2 Å². The fourth-order valence-electron chi connectivity index (χ4n) is 14.0. The zero-order valence-electron chi connectivity index (χ0n) is 55.5. The fraction of sp³-hybridized carbons (Fsp3) is 0.493. The number of rotatable bonds is 20. The Kier molecular flexibility index (Phi) is 19.5. The molecule has 2 aliphatic heterocycles. The Hall–Kier alpha value is -8.73. The zero-order chi connectivity index (χ0) is 68.9. The first-order chi connectivity index (χ1) is 44.8. The number of hydrogen-bond donors (Lipinski definition) is 3. The van der Waals surface area contributed by atoms with E-state index in [4.69, 9.17) is 47.0 Å². The van der Waals surface area contributed by atoms with Crippen molar-refractivity contribution in [3.63, 3.8) is 0 Å². The van der Waals surface area contributed by atoms with Crippen molar-refractivity contribution in [3.8, 4) is 28.2 Å². The van der Waals surface area contributed by atoms with E-state index in [2.05, 4.69) is 5.32 Å². The molecule has 3 saturated carbocycles. The quantitative estimate of drug-likeness (QED) is 0.0214. The molecule has 2 heterocycles. The van der Waals surface area contributed by atoms with Crippen molar-refractivity contribution in [1.29, 1.82) is 0 Å². The monoisotopic (exact) mass is 1310 g/mol. The van der Waals surface area contributed by atoms with Crippen LogP contribution in [0, 0.1) is 28.6 Å². The Labute approximate surface area is 550 Å². The molecule has 22 nitrogen and oxygen atoms in total. The largest absolute Gasteiger partial charge is 0.493 e. The molecule has 3 aromatic carbocycles. The average Bonchev–Trinajstić information content (AvgIpc) is 0.755. The summed E-state index contributed by atoms with van der Waals surface area (Å²) in [4.78, 5) is 128. The van der Waals surface area contributed by atoms with Gasteiger partial charge in [0.15, 0.2) is 29.0 Å². The molecule has 22 heteroatoms. The molecule has 10 rings (SSSR count). The molecule has 0 unspecified atom stereocenters. The minimum atomic E-state index is -2.53. The summed E-state index contributed by atoms with van der Waals surface area (Å²) >= 11 is 0. The maximum Gasteiger partial charge on any atom is 0.408 e. The Bertz CT molecular complexity index is 3920. The highest BCUT2D eigenvalue weighted by Crippen LogP contribution is 2.65. The van der Waals surface area contributed by atoms with E-state index in [0.29, 0.717) is 57.4 Å². The van der Waals surface area contributed by atoms with Gasteiger partial charge < -0.3 is 62.6 Å². The van der Waals surface area contributed by atoms with Gasteiger partial charge >= 0.3 is 41.9 Å². The molecular formula is C73H83NO21. The van der Waals surface area contributed by atoms with E-state index in [-0.39, 0.29) is 66.3 Å². The molecule has 2 bridgehead atoms. The van der Waals surface area contributed by atoms with Gasteiger partial charge in [-0.3, -0.25) is 24.0 Å². The Balaban J connectivity index is 1.00. The predicted molar refractivity (Wildman–Crippen MR) is 343 cm³/mol. The first kappa shape index (κ1) is 69.1. The van der Waals surface area contributed by atoms with Crippen LogP contribution in [0.25, 0.3) is 33.4 Å². The number of alkyl carbamates (subject to hydrolysis) is 1. The number of fused-ring (bicyclic) bond motifs is 7. The van der Waals surface area contributed by atoms with Crippen LogP contribution in [0.3, 0.4) is 0 Å². The molecule has 3 aromatic rings. The van der Waals surface area contributed by atoms with Crippen LogP contribution in [0.5, 0.6) is 5.75 Å². The summed E-state index contributed by atoms with van der Waals surface area (Å²) in [6.45, 7) is 19.1. The number of ether oxygens (including phenoxy) is 9. The summed E-state index contributed by atoms with van der Waals surface area (Å²) in [6.07, 6.45) is -10.1. The molecule has 1 saturated heterocycles. The Morgan fingerprint density at radius 3 is 2.19 bits per heavy atom. The van der Waals surface area contributed by atoms with Crippen LogP contribution in [-0.4, -0.2) is 137 Å². The zero-order valence-corrected chi connectivity index (χ0v) is 55.5. The number of nitrogens with one attached hydrogen (secondary N) is 1. The van der Waals surface area contributed by atoms with E-state index >= 15 is 4.79 Å². The highest BCUT2D eigenvalue weighted by Gasteiger charge is 2.79. The van der Waals surface area contributed by atoms with Crippen molar-refractivity contribution >= 4 is 58.7 Å². The lowest BCUT2D eigenvalue weighted by Gasteiger charge is -2.67. The maximum absolute atomic E-state index is 16.7. The molecule has 3 N–H and O–H groups in total. The summed E-state index contributed by atoms with van der Waals surface area (Å²) < 4.78 is 61.9. The van der Waals surface area contributed by atoms with Crippen molar-refractivity contribution in [2.45, 2.75) is 181 Å². The molecule has 0 radical (unpaired) electrons. The van der Waals surface area contributed by atoms with Gasteiger partial charge in [0.1, 0.15) is 52.7 Å². The van der Waals surface area contributed by atoms with E-state index in [1.165, 1.54) is 44.2 Å². The second-order valence-electron chi connectivity index (χ2n) is 27.9. The molecule has 506 valence electrons. The lowest BCUT2D eigenvalue weighted by atomic mass is 9.44. The third-order valence-electron chi connectivity index (χ3n) is 18.7. The van der Waals surface area contributed by atoms with Gasteiger partial charge in [-0.1, -0.05) is 75.7 Å². The van der Waals surface area contributed by atoms with Crippen LogP contribution in [0.4, 0.5) is 4.79 Å². The van der Waals surface area contributed by atoms with Crippen molar-refractivity contribution < 1.29 is 95.6 Å². The van der Waals surface area contributed by atoms with Gasteiger partial charge in [0, 0.05) is 60.2 Å². The van der Waals surface area contributed by atoms with Gasteiger partial charge in [-0.2, -0.15) is 0 Å². The van der Waals surface area contributed by atoms with Crippen LogP contribution in [0.2, 0.25) is 0 Å². The fourth-order valence-corrected chi connectivity index (χ4v) is 14.0. The summed E-state index contributed by atoms with van der Waals surface area (Å²) in [5.41, 5.74) is -6.66. The van der Waals surface area contributed by atoms with E-state index in [9.17, 15) is 48.6 Å². The van der Waals surface area contributed by atoms with Crippen LogP contribution in [-0.2, 0) is 61.9 Å². The van der Waals surface area contributed by atoms with E-state index < -0.39 is 143 Å². The number of carbonyl (C=O) groups is 8. The number of benzene rings is 4. The van der Waals surface area contributed by atoms with Crippen LogP contribution >= 0.6 is 0 Å². The van der Waals surface area contributed by atoms with E-state index in [0.717, 1.165) is 6.92 Å². The Morgan fingerprint density at radius 2 is 1.54 bits per heavy atom. The number of allylic oxidation sites excluding steroid dienone is 1. The maximum atomic E-state index is 16.7. The first-order valence-electron chi connectivity index (χ1n) is 32.2. The summed E-state index contributed by atoms with van der Waals surface area (Å²) in [5.74, 6) is -7.77. The van der Waals surface area contributed by atoms with Crippen LogP contribution in [0.1, 0.15) is 142 Å². The van der Waals surface area contributed by atoms with E-state index in [1.54, 1.807) is 115 Å². The number of aliphatic hydroxyl groups excluding tert-OH is 1. The van der Waals surface area contributed by atoms with Crippen molar-refractivity contribution in [2.75, 3.05) is 19.8 Å². The standard InChI is InChI=1S/C73H83NO21/c1-38(2)31-50(74-68(84)95-69(7,8)9)59(78)67(83)90-53-35-73(85)63(93-65(81)42-19-14-13-15-20-42)61-71(12,62(79)60(92-64(80)43-24-25-43)58(40(53)5)70(73,10)11)54(34-55-72(61,37-88-55)94-41(6)75)91-56(77)23-18-30-86-45-27-29-49-52(33-45)89-51-32-44(76)26-28-48(51)57(49)46-21-16-17-22-47(46)66(82)87-36-39(3)4/h13-17,19-22,26-29,31-33,39,43,50,53-55,59-61,63,78,85H,18,23-25,30,34-37H2,1-12H3,(H,74,84)/t50-,53-,54-,55+,59+,60+,61-,63-,71+,72-,73+/m0/s1. The average molecular weight is 1310 g/mol. The number of aliphatic hydroxyl groups is 2. The Morgan fingerprint density at radius 1 is 0.832 bits per heavy atom. The second-order valence-corrected chi connectivity index (χ2v) is 27.9. The van der Waals surface area contributed by atoms with Gasteiger partial charge in [-0.05, 0) is 133 Å². The molecule has 0 spiro atoms. The van der Waals surface area contributed by atoms with Gasteiger partial charge in [0.05, 0.1) is 54.2 Å². The van der Waals surface area contributed by atoms with Gasteiger partial charge in [0.2, 0.25) is 0 Å². The minimum absolute atomic E-state index is 0.0110. The normalized spacial score (nSPS) is 25.8. The third-order valence-corrected chi connectivity index (χ3v) is 18.7. The van der Waals surface area contributed by atoms with Gasteiger partial charge in [-0.15, -0.1) is 0 Å². The van der Waals surface area contributed by atoms with Crippen molar-refractivity contribution in [2.24, 2.45) is 28.6 Å².